The zero-order chi connectivity index (χ0) is 48.0. The smallest absolute Gasteiger partial charge is 0.220 e. The van der Waals surface area contributed by atoms with E-state index in [9.17, 15) is 30.3 Å². The summed E-state index contributed by atoms with van der Waals surface area (Å²) in [4.78, 5) is 13.0. The SMILES string of the molecule is CCCC/C=C/CC/C=C/CC/C=C/C(O)C(COC1OC(CO)C(O)C(O)C1O)NC(=O)CCCCCCCCCCCCCCCCC/C=C\CCCCCCCCCCCCCC. The van der Waals surface area contributed by atoms with Crippen molar-refractivity contribution in [3.8, 4) is 0 Å². The predicted molar refractivity (Wildman–Crippen MR) is 276 cm³/mol. The summed E-state index contributed by atoms with van der Waals surface area (Å²) in [7, 11) is 0. The molecule has 1 heterocycles. The van der Waals surface area contributed by atoms with Gasteiger partial charge in [0.15, 0.2) is 6.29 Å². The van der Waals surface area contributed by atoms with Gasteiger partial charge in [-0.2, -0.15) is 0 Å². The van der Waals surface area contributed by atoms with Crippen molar-refractivity contribution in [2.75, 3.05) is 13.2 Å². The van der Waals surface area contributed by atoms with Gasteiger partial charge in [0, 0.05) is 6.42 Å². The maximum atomic E-state index is 13.0. The molecule has 1 saturated heterocycles. The fourth-order valence-electron chi connectivity index (χ4n) is 8.64. The molecule has 9 heteroatoms. The lowest BCUT2D eigenvalue weighted by molar-refractivity contribution is -0.302. The Morgan fingerprint density at radius 1 is 0.500 bits per heavy atom. The number of hydrogen-bond acceptors (Lipinski definition) is 8. The summed E-state index contributed by atoms with van der Waals surface area (Å²) >= 11 is 0. The van der Waals surface area contributed by atoms with E-state index in [2.05, 4.69) is 55.6 Å². The summed E-state index contributed by atoms with van der Waals surface area (Å²) in [5, 5.41) is 54.2. The lowest BCUT2D eigenvalue weighted by atomic mass is 9.99. The van der Waals surface area contributed by atoms with E-state index in [1.54, 1.807) is 6.08 Å². The number of rotatable bonds is 47. The first-order chi connectivity index (χ1) is 32.3. The average molecular weight is 932 g/mol. The molecule has 7 atom stereocenters. The van der Waals surface area contributed by atoms with Gasteiger partial charge in [0.25, 0.3) is 0 Å². The highest BCUT2D eigenvalue weighted by Gasteiger charge is 2.44. The van der Waals surface area contributed by atoms with E-state index in [-0.39, 0.29) is 12.5 Å². The van der Waals surface area contributed by atoms with Gasteiger partial charge < -0.3 is 40.3 Å². The summed E-state index contributed by atoms with van der Waals surface area (Å²) in [6.07, 6.45) is 54.9. The summed E-state index contributed by atoms with van der Waals surface area (Å²) in [5.74, 6) is -0.191. The van der Waals surface area contributed by atoms with Crippen molar-refractivity contribution in [3.05, 3.63) is 48.6 Å². The Labute approximate surface area is 405 Å². The molecule has 386 valence electrons. The molecule has 0 radical (unpaired) electrons. The van der Waals surface area contributed by atoms with Gasteiger partial charge in [-0.15, -0.1) is 0 Å². The van der Waals surface area contributed by atoms with Crippen LogP contribution in [-0.4, -0.2) is 87.5 Å². The fourth-order valence-corrected chi connectivity index (χ4v) is 8.64. The quantitative estimate of drug-likeness (QED) is 0.0261. The average Bonchev–Trinajstić information content (AvgIpc) is 3.32. The highest BCUT2D eigenvalue weighted by atomic mass is 16.7. The summed E-state index contributed by atoms with van der Waals surface area (Å²) < 4.78 is 11.2. The molecule has 66 heavy (non-hydrogen) atoms. The van der Waals surface area contributed by atoms with Gasteiger partial charge in [-0.05, 0) is 64.2 Å². The van der Waals surface area contributed by atoms with Crippen LogP contribution >= 0.6 is 0 Å². The van der Waals surface area contributed by atoms with Gasteiger partial charge in [-0.25, -0.2) is 0 Å². The number of ether oxygens (including phenoxy) is 2. The minimum absolute atomic E-state index is 0.191. The molecule has 0 aromatic carbocycles. The first kappa shape index (κ1) is 62.2. The van der Waals surface area contributed by atoms with Crippen LogP contribution in [0, 0.1) is 0 Å². The molecule has 0 spiro atoms. The van der Waals surface area contributed by atoms with Crippen molar-refractivity contribution < 1.29 is 39.8 Å². The molecule has 0 aliphatic carbocycles. The van der Waals surface area contributed by atoms with Crippen LogP contribution in [0.25, 0.3) is 0 Å². The standard InChI is InChI=1S/C57H105NO8/c1-3-5-7-9-11-13-15-17-18-19-20-21-22-23-24-25-26-27-28-29-30-31-32-33-34-35-37-39-41-43-45-47-53(61)58-50(49-65-57-56(64)55(63)54(62)52(48-59)66-57)51(60)46-44-42-40-38-36-16-14-12-10-8-6-4-2/h10,12,23-24,36,38,44,46,50-52,54-57,59-60,62-64H,3-9,11,13-22,25-35,37,39-43,45,47-49H2,1-2H3,(H,58,61)/b12-10+,24-23-,38-36+,46-44+. The zero-order valence-corrected chi connectivity index (χ0v) is 42.7. The molecule has 7 unspecified atom stereocenters. The molecule has 1 aliphatic heterocycles. The highest BCUT2D eigenvalue weighted by molar-refractivity contribution is 5.76. The van der Waals surface area contributed by atoms with Crippen molar-refractivity contribution in [2.45, 2.75) is 294 Å². The molecular formula is C57H105NO8. The van der Waals surface area contributed by atoms with Crippen molar-refractivity contribution in [1.82, 2.24) is 5.32 Å². The monoisotopic (exact) mass is 932 g/mol. The topological polar surface area (TPSA) is 149 Å². The Hall–Kier alpha value is -1.85. The van der Waals surface area contributed by atoms with E-state index in [1.807, 2.05) is 6.08 Å². The second-order valence-corrected chi connectivity index (χ2v) is 19.4. The van der Waals surface area contributed by atoms with E-state index in [0.29, 0.717) is 6.42 Å². The first-order valence-electron chi connectivity index (χ1n) is 27.9. The van der Waals surface area contributed by atoms with Crippen LogP contribution in [0.1, 0.15) is 251 Å². The van der Waals surface area contributed by atoms with E-state index in [4.69, 9.17) is 9.47 Å². The van der Waals surface area contributed by atoms with Crippen LogP contribution in [0.15, 0.2) is 48.6 Å². The Kier molecular flexibility index (Phi) is 44.1. The Balaban J connectivity index is 2.14. The van der Waals surface area contributed by atoms with Gasteiger partial charge in [0.1, 0.15) is 24.4 Å². The number of carbonyl (C=O) groups is 1. The number of nitrogens with one attached hydrogen (secondary N) is 1. The molecular weight excluding hydrogens is 827 g/mol. The van der Waals surface area contributed by atoms with Crippen molar-refractivity contribution >= 4 is 5.91 Å². The lowest BCUT2D eigenvalue weighted by Crippen LogP contribution is -2.60. The number of hydrogen-bond donors (Lipinski definition) is 6. The minimum Gasteiger partial charge on any atom is -0.394 e. The number of allylic oxidation sites excluding steroid dienone is 7. The Morgan fingerprint density at radius 2 is 0.879 bits per heavy atom. The van der Waals surface area contributed by atoms with Crippen LogP contribution in [0.5, 0.6) is 0 Å². The number of aliphatic hydroxyl groups is 5. The normalized spacial score (nSPS) is 20.1. The Morgan fingerprint density at radius 3 is 1.32 bits per heavy atom. The van der Waals surface area contributed by atoms with Crippen LogP contribution in [0.2, 0.25) is 0 Å². The number of unbranched alkanes of at least 4 members (excludes halogenated alkanes) is 31. The summed E-state index contributed by atoms with van der Waals surface area (Å²) in [5.41, 5.74) is 0. The fraction of sp³-hybridized carbons (Fsp3) is 0.842. The molecule has 0 bridgehead atoms. The maximum absolute atomic E-state index is 13.0. The number of carbonyl (C=O) groups excluding carboxylic acids is 1. The first-order valence-corrected chi connectivity index (χ1v) is 27.9. The largest absolute Gasteiger partial charge is 0.394 e. The molecule has 6 N–H and O–H groups in total. The van der Waals surface area contributed by atoms with E-state index < -0.39 is 49.5 Å². The number of aliphatic hydroxyl groups excluding tert-OH is 5. The van der Waals surface area contributed by atoms with E-state index >= 15 is 0 Å². The van der Waals surface area contributed by atoms with Gasteiger partial charge in [0.05, 0.1) is 25.4 Å². The van der Waals surface area contributed by atoms with Gasteiger partial charge in [0.2, 0.25) is 5.91 Å². The van der Waals surface area contributed by atoms with Gasteiger partial charge in [-0.1, -0.05) is 229 Å². The molecule has 0 saturated carbocycles. The molecule has 1 fully saturated rings. The van der Waals surface area contributed by atoms with Crippen LogP contribution < -0.4 is 5.32 Å². The summed E-state index contributed by atoms with van der Waals surface area (Å²) in [6, 6.07) is -0.827. The Bertz CT molecular complexity index is 1170. The van der Waals surface area contributed by atoms with E-state index in [0.717, 1.165) is 51.4 Å². The lowest BCUT2D eigenvalue weighted by Gasteiger charge is -2.40. The van der Waals surface area contributed by atoms with Gasteiger partial charge in [-0.3, -0.25) is 4.79 Å². The third-order valence-electron chi connectivity index (χ3n) is 13.1. The second-order valence-electron chi connectivity index (χ2n) is 19.4. The summed E-state index contributed by atoms with van der Waals surface area (Å²) in [6.45, 7) is 3.71. The maximum Gasteiger partial charge on any atom is 0.220 e. The van der Waals surface area contributed by atoms with Crippen molar-refractivity contribution in [1.29, 1.82) is 0 Å². The third-order valence-corrected chi connectivity index (χ3v) is 13.1. The second kappa shape index (κ2) is 46.9. The van der Waals surface area contributed by atoms with E-state index in [1.165, 1.54) is 180 Å². The predicted octanol–water partition coefficient (Wildman–Crippen LogP) is 13.3. The van der Waals surface area contributed by atoms with Crippen LogP contribution in [-0.2, 0) is 14.3 Å². The van der Waals surface area contributed by atoms with Crippen LogP contribution in [0.3, 0.4) is 0 Å². The molecule has 0 aromatic rings. The van der Waals surface area contributed by atoms with Crippen molar-refractivity contribution in [3.63, 3.8) is 0 Å². The van der Waals surface area contributed by atoms with Crippen molar-refractivity contribution in [2.24, 2.45) is 0 Å². The van der Waals surface area contributed by atoms with Crippen LogP contribution in [0.4, 0.5) is 0 Å². The highest BCUT2D eigenvalue weighted by Crippen LogP contribution is 2.23. The molecule has 9 nitrogen and oxygen atoms in total. The number of amides is 1. The molecule has 1 aliphatic rings. The molecule has 1 amide bonds. The van der Waals surface area contributed by atoms with Gasteiger partial charge >= 0.3 is 0 Å². The molecule has 1 rings (SSSR count). The third kappa shape index (κ3) is 36.2. The molecule has 0 aromatic heterocycles. The zero-order valence-electron chi connectivity index (χ0n) is 42.7. The minimum atomic E-state index is -1.57.